The third-order valence-corrected chi connectivity index (χ3v) is 6.55. The second-order valence-corrected chi connectivity index (χ2v) is 8.79. The number of nitriles is 1. The first-order chi connectivity index (χ1) is 13.3. The second-order valence-electron chi connectivity index (χ2n) is 5.87. The molecule has 3 rings (SSSR count). The molecule has 5 nitrogen and oxygen atoms in total. The van der Waals surface area contributed by atoms with Crippen molar-refractivity contribution in [2.24, 2.45) is 5.73 Å². The average Bonchev–Trinajstić information content (AvgIpc) is 2.95. The minimum atomic E-state index is -0.880. The molecule has 1 fully saturated rings. The molecule has 1 unspecified atom stereocenters. The second kappa shape index (κ2) is 8.58. The van der Waals surface area contributed by atoms with Crippen LogP contribution in [0.25, 0.3) is 0 Å². The number of primary amides is 1. The minimum absolute atomic E-state index is 0.229. The molecule has 0 bridgehead atoms. The van der Waals surface area contributed by atoms with Crippen LogP contribution in [0.4, 0.5) is 5.69 Å². The Labute approximate surface area is 184 Å². The highest BCUT2D eigenvalue weighted by Crippen LogP contribution is 2.42. The largest absolute Gasteiger partial charge is 0.365 e. The number of amides is 2. The molecule has 0 saturated carbocycles. The van der Waals surface area contributed by atoms with E-state index in [0.717, 1.165) is 21.8 Å². The monoisotopic (exact) mass is 495 g/mol. The van der Waals surface area contributed by atoms with Gasteiger partial charge in [-0.2, -0.15) is 5.26 Å². The van der Waals surface area contributed by atoms with E-state index in [4.69, 9.17) is 28.9 Å². The standard InChI is InChI=1S/C19H12BrCl2N3O2S/c20-11-2-4-12(5-3-11)25-18(27)16(28-19(25)13(9-23)17(24)26)8-10-1-6-14(21)15(22)7-10/h1-7,16H,8H2,(H2,24,26). The Balaban J connectivity index is 2.02. The van der Waals surface area contributed by atoms with Gasteiger partial charge in [0.1, 0.15) is 16.7 Å². The molecule has 2 aromatic rings. The Kier molecular flexibility index (Phi) is 6.36. The van der Waals surface area contributed by atoms with Crippen LogP contribution in [0.15, 0.2) is 57.5 Å². The van der Waals surface area contributed by atoms with Crippen molar-refractivity contribution in [2.45, 2.75) is 11.7 Å². The van der Waals surface area contributed by atoms with Crippen molar-refractivity contribution in [1.82, 2.24) is 0 Å². The molecule has 2 aromatic carbocycles. The van der Waals surface area contributed by atoms with Gasteiger partial charge in [-0.3, -0.25) is 14.5 Å². The number of nitrogens with two attached hydrogens (primary N) is 1. The Morgan fingerprint density at radius 2 is 1.89 bits per heavy atom. The highest BCUT2D eigenvalue weighted by molar-refractivity contribution is 9.10. The third-order valence-electron chi connectivity index (χ3n) is 4.01. The van der Waals surface area contributed by atoms with E-state index >= 15 is 0 Å². The fraction of sp³-hybridized carbons (Fsp3) is 0.105. The lowest BCUT2D eigenvalue weighted by Crippen LogP contribution is -2.31. The number of benzene rings is 2. The van der Waals surface area contributed by atoms with E-state index in [-0.39, 0.29) is 16.5 Å². The molecule has 1 heterocycles. The SMILES string of the molecule is N#CC(C(N)=O)=C1SC(Cc2ccc(Cl)c(Cl)c2)C(=O)N1c1ccc(Br)cc1. The summed E-state index contributed by atoms with van der Waals surface area (Å²) in [5.41, 5.74) is 6.47. The Bertz CT molecular complexity index is 1030. The minimum Gasteiger partial charge on any atom is -0.365 e. The van der Waals surface area contributed by atoms with Gasteiger partial charge in [0.2, 0.25) is 5.91 Å². The van der Waals surface area contributed by atoms with Crippen LogP contribution in [0.2, 0.25) is 10.0 Å². The van der Waals surface area contributed by atoms with Crippen molar-refractivity contribution in [1.29, 1.82) is 5.26 Å². The molecule has 2 amide bonds. The summed E-state index contributed by atoms with van der Waals surface area (Å²) < 4.78 is 0.837. The molecule has 0 radical (unpaired) electrons. The zero-order valence-corrected chi connectivity index (χ0v) is 18.1. The zero-order valence-electron chi connectivity index (χ0n) is 14.2. The molecular formula is C19H12BrCl2N3O2S. The highest BCUT2D eigenvalue weighted by atomic mass is 79.9. The summed E-state index contributed by atoms with van der Waals surface area (Å²) in [5.74, 6) is -1.13. The van der Waals surface area contributed by atoms with Gasteiger partial charge < -0.3 is 5.73 Å². The number of carbonyl (C=O) groups excluding carboxylic acids is 2. The molecule has 1 aliphatic rings. The van der Waals surface area contributed by atoms with Gasteiger partial charge in [0.15, 0.2) is 0 Å². The number of rotatable bonds is 4. The van der Waals surface area contributed by atoms with E-state index in [9.17, 15) is 14.9 Å². The molecule has 9 heteroatoms. The van der Waals surface area contributed by atoms with E-state index < -0.39 is 11.2 Å². The van der Waals surface area contributed by atoms with Gasteiger partial charge in [0.05, 0.1) is 15.3 Å². The number of nitrogens with zero attached hydrogens (tertiary/aromatic N) is 2. The first-order valence-electron chi connectivity index (χ1n) is 7.96. The van der Waals surface area contributed by atoms with Crippen LogP contribution in [0, 0.1) is 11.3 Å². The average molecular weight is 497 g/mol. The lowest BCUT2D eigenvalue weighted by Gasteiger charge is -2.18. The number of anilines is 1. The molecule has 1 atom stereocenters. The lowest BCUT2D eigenvalue weighted by atomic mass is 10.1. The summed E-state index contributed by atoms with van der Waals surface area (Å²) in [7, 11) is 0. The van der Waals surface area contributed by atoms with Crippen LogP contribution in [0.3, 0.4) is 0 Å². The fourth-order valence-electron chi connectivity index (χ4n) is 2.71. The number of thioether (sulfide) groups is 1. The molecular weight excluding hydrogens is 485 g/mol. The molecule has 0 spiro atoms. The molecule has 1 saturated heterocycles. The van der Waals surface area contributed by atoms with E-state index in [1.807, 2.05) is 6.07 Å². The molecule has 0 aromatic heterocycles. The topological polar surface area (TPSA) is 87.2 Å². The normalized spacial score (nSPS) is 18.1. The molecule has 2 N–H and O–H groups in total. The maximum Gasteiger partial charge on any atom is 0.262 e. The van der Waals surface area contributed by atoms with Gasteiger partial charge in [0.25, 0.3) is 5.91 Å². The molecule has 142 valence electrons. The molecule has 1 aliphatic heterocycles. The Hall–Kier alpha value is -1.98. The summed E-state index contributed by atoms with van der Waals surface area (Å²) in [6.07, 6.45) is 0.356. The molecule has 0 aliphatic carbocycles. The first kappa shape index (κ1) is 20.7. The summed E-state index contributed by atoms with van der Waals surface area (Å²) in [5, 5.41) is 9.90. The quantitative estimate of drug-likeness (QED) is 0.492. The van der Waals surface area contributed by atoms with Gasteiger partial charge in [-0.1, -0.05) is 57.0 Å². The van der Waals surface area contributed by atoms with E-state index in [0.29, 0.717) is 22.2 Å². The summed E-state index contributed by atoms with van der Waals surface area (Å²) >= 11 is 16.5. The predicted molar refractivity (Wildman–Crippen MR) is 115 cm³/mol. The predicted octanol–water partition coefficient (Wildman–Crippen LogP) is 4.67. The van der Waals surface area contributed by atoms with E-state index in [1.165, 1.54) is 4.90 Å². The summed E-state index contributed by atoms with van der Waals surface area (Å²) in [4.78, 5) is 26.3. The van der Waals surface area contributed by atoms with Crippen molar-refractivity contribution in [2.75, 3.05) is 4.90 Å². The summed E-state index contributed by atoms with van der Waals surface area (Å²) in [6, 6.07) is 14.0. The van der Waals surface area contributed by atoms with Crippen LogP contribution in [0.5, 0.6) is 0 Å². The third kappa shape index (κ3) is 4.20. The van der Waals surface area contributed by atoms with Crippen LogP contribution in [0.1, 0.15) is 5.56 Å². The Morgan fingerprint density at radius 1 is 1.21 bits per heavy atom. The van der Waals surface area contributed by atoms with Gasteiger partial charge in [-0.25, -0.2) is 0 Å². The van der Waals surface area contributed by atoms with E-state index in [1.54, 1.807) is 42.5 Å². The molecule has 28 heavy (non-hydrogen) atoms. The van der Waals surface area contributed by atoms with E-state index in [2.05, 4.69) is 15.9 Å². The van der Waals surface area contributed by atoms with Crippen LogP contribution in [-0.4, -0.2) is 17.1 Å². The van der Waals surface area contributed by atoms with Gasteiger partial charge in [-0.15, -0.1) is 0 Å². The van der Waals surface area contributed by atoms with Gasteiger partial charge in [0, 0.05) is 10.2 Å². The number of hydrogen-bond acceptors (Lipinski definition) is 4. The fourth-order valence-corrected chi connectivity index (χ4v) is 4.61. The van der Waals surface area contributed by atoms with Gasteiger partial charge >= 0.3 is 0 Å². The maximum atomic E-state index is 13.1. The number of carbonyl (C=O) groups is 2. The van der Waals surface area contributed by atoms with Crippen molar-refractivity contribution in [3.63, 3.8) is 0 Å². The van der Waals surface area contributed by atoms with Crippen LogP contribution < -0.4 is 10.6 Å². The van der Waals surface area contributed by atoms with Gasteiger partial charge in [-0.05, 0) is 48.4 Å². The van der Waals surface area contributed by atoms with Crippen LogP contribution in [-0.2, 0) is 16.0 Å². The lowest BCUT2D eigenvalue weighted by molar-refractivity contribution is -0.117. The van der Waals surface area contributed by atoms with Crippen LogP contribution >= 0.6 is 50.9 Å². The first-order valence-corrected chi connectivity index (χ1v) is 10.4. The van der Waals surface area contributed by atoms with Crippen molar-refractivity contribution in [3.8, 4) is 6.07 Å². The van der Waals surface area contributed by atoms with Crippen molar-refractivity contribution < 1.29 is 9.59 Å². The smallest absolute Gasteiger partial charge is 0.262 e. The van der Waals surface area contributed by atoms with Crippen molar-refractivity contribution in [3.05, 3.63) is 73.1 Å². The number of halogens is 3. The zero-order chi connectivity index (χ0) is 20.4. The maximum absolute atomic E-state index is 13.1. The van der Waals surface area contributed by atoms with Crippen molar-refractivity contribution >= 4 is 68.4 Å². The highest BCUT2D eigenvalue weighted by Gasteiger charge is 2.40. The number of hydrogen-bond donors (Lipinski definition) is 1. The summed E-state index contributed by atoms with van der Waals surface area (Å²) in [6.45, 7) is 0. The Morgan fingerprint density at radius 3 is 2.46 bits per heavy atom.